The summed E-state index contributed by atoms with van der Waals surface area (Å²) in [6.45, 7) is 4.91. The Morgan fingerprint density at radius 1 is 1.40 bits per heavy atom. The summed E-state index contributed by atoms with van der Waals surface area (Å²) in [6, 6.07) is 6.02. The summed E-state index contributed by atoms with van der Waals surface area (Å²) in [7, 11) is 0. The van der Waals surface area contributed by atoms with Gasteiger partial charge < -0.3 is 10.1 Å². The van der Waals surface area contributed by atoms with E-state index in [2.05, 4.69) is 10.3 Å². The number of aromatic nitrogens is 1. The van der Waals surface area contributed by atoms with Gasteiger partial charge in [0.1, 0.15) is 0 Å². The minimum absolute atomic E-state index is 0.555. The zero-order valence-corrected chi connectivity index (χ0v) is 9.76. The molecule has 1 aromatic heterocycles. The van der Waals surface area contributed by atoms with Crippen LogP contribution >= 0.6 is 11.6 Å². The van der Waals surface area contributed by atoms with Crippen molar-refractivity contribution in [2.75, 3.05) is 25.6 Å². The molecule has 0 saturated heterocycles. The van der Waals surface area contributed by atoms with Crippen LogP contribution in [0.4, 0.5) is 0 Å². The van der Waals surface area contributed by atoms with Gasteiger partial charge in [0.2, 0.25) is 0 Å². The van der Waals surface area contributed by atoms with Gasteiger partial charge in [0, 0.05) is 24.7 Å². The first-order chi connectivity index (χ1) is 7.33. The van der Waals surface area contributed by atoms with E-state index in [4.69, 9.17) is 16.3 Å². The van der Waals surface area contributed by atoms with Gasteiger partial charge in [-0.15, -0.1) is 11.6 Å². The Labute approximate surface area is 95.8 Å². The maximum atomic E-state index is 5.47. The highest BCUT2D eigenvalue weighted by molar-refractivity contribution is 6.17. The minimum Gasteiger partial charge on any atom is -0.379 e. The molecule has 0 aromatic carbocycles. The molecule has 0 radical (unpaired) electrons. The lowest BCUT2D eigenvalue weighted by molar-refractivity contribution is 0.150. The zero-order chi connectivity index (χ0) is 10.9. The van der Waals surface area contributed by atoms with E-state index in [0.29, 0.717) is 19.1 Å². The first-order valence-electron chi connectivity index (χ1n) is 5.10. The van der Waals surface area contributed by atoms with E-state index in [1.54, 1.807) is 0 Å². The van der Waals surface area contributed by atoms with E-state index in [0.717, 1.165) is 24.5 Å². The van der Waals surface area contributed by atoms with Gasteiger partial charge in [-0.25, -0.2) is 0 Å². The van der Waals surface area contributed by atoms with Crippen LogP contribution in [0.25, 0.3) is 0 Å². The molecule has 1 aromatic rings. The lowest BCUT2D eigenvalue weighted by Gasteiger charge is -2.05. The smallest absolute Gasteiger partial charge is 0.0602 e. The first-order valence-corrected chi connectivity index (χ1v) is 5.63. The number of rotatable bonds is 7. The number of nitrogens with zero attached hydrogens (tertiary/aromatic N) is 1. The molecule has 1 N–H and O–H groups in total. The summed E-state index contributed by atoms with van der Waals surface area (Å²) >= 11 is 5.47. The van der Waals surface area contributed by atoms with Crippen LogP contribution in [0.15, 0.2) is 18.2 Å². The molecule has 84 valence electrons. The van der Waals surface area contributed by atoms with Crippen molar-refractivity contribution in [1.29, 1.82) is 0 Å². The fourth-order valence-corrected chi connectivity index (χ4v) is 1.32. The van der Waals surface area contributed by atoms with Gasteiger partial charge in [0.25, 0.3) is 0 Å². The topological polar surface area (TPSA) is 34.1 Å². The molecular weight excluding hydrogens is 212 g/mol. The number of ether oxygens (including phenoxy) is 1. The summed E-state index contributed by atoms with van der Waals surface area (Å²) in [4.78, 5) is 4.38. The van der Waals surface area contributed by atoms with Gasteiger partial charge in [-0.1, -0.05) is 6.07 Å². The summed E-state index contributed by atoms with van der Waals surface area (Å²) < 4.78 is 5.23. The molecule has 1 rings (SSSR count). The van der Waals surface area contributed by atoms with E-state index < -0.39 is 0 Å². The number of nitrogens with one attached hydrogen (secondary N) is 1. The molecule has 0 unspecified atom stereocenters. The van der Waals surface area contributed by atoms with Crippen LogP contribution in [0.5, 0.6) is 0 Å². The average Bonchev–Trinajstić information content (AvgIpc) is 2.23. The number of pyridine rings is 1. The van der Waals surface area contributed by atoms with E-state index in [-0.39, 0.29) is 0 Å². The standard InChI is InChI=1S/C11H17ClN2O/c1-10-3-2-4-11(14-10)9-13-6-8-15-7-5-12/h2-4,13H,5-9H2,1H3. The zero-order valence-electron chi connectivity index (χ0n) is 9.00. The highest BCUT2D eigenvalue weighted by Gasteiger charge is 1.94. The number of aryl methyl sites for hydroxylation is 1. The molecule has 0 aliphatic rings. The summed E-state index contributed by atoms with van der Waals surface area (Å²) in [5.41, 5.74) is 2.11. The molecule has 0 amide bonds. The summed E-state index contributed by atoms with van der Waals surface area (Å²) in [5.74, 6) is 0.555. The number of hydrogen-bond donors (Lipinski definition) is 1. The molecule has 15 heavy (non-hydrogen) atoms. The van der Waals surface area contributed by atoms with Gasteiger partial charge >= 0.3 is 0 Å². The van der Waals surface area contributed by atoms with Gasteiger partial charge in [-0.3, -0.25) is 4.98 Å². The predicted octanol–water partition coefficient (Wildman–Crippen LogP) is 1.74. The molecule has 4 heteroatoms. The lowest BCUT2D eigenvalue weighted by atomic mass is 10.3. The third-order valence-corrected chi connectivity index (χ3v) is 2.05. The molecule has 0 spiro atoms. The van der Waals surface area contributed by atoms with Crippen LogP contribution in [0.3, 0.4) is 0 Å². The molecule has 1 heterocycles. The molecule has 0 aliphatic heterocycles. The SMILES string of the molecule is Cc1cccc(CNCCOCCCl)n1. The maximum Gasteiger partial charge on any atom is 0.0602 e. The second-order valence-electron chi connectivity index (χ2n) is 3.25. The number of hydrogen-bond acceptors (Lipinski definition) is 3. The molecule has 0 fully saturated rings. The second kappa shape index (κ2) is 7.63. The van der Waals surface area contributed by atoms with Crippen molar-refractivity contribution in [3.05, 3.63) is 29.6 Å². The maximum absolute atomic E-state index is 5.47. The fourth-order valence-electron chi connectivity index (χ4n) is 1.22. The van der Waals surface area contributed by atoms with E-state index in [1.807, 2.05) is 25.1 Å². The number of alkyl halides is 1. The van der Waals surface area contributed by atoms with Gasteiger partial charge in [0.15, 0.2) is 0 Å². The van der Waals surface area contributed by atoms with Crippen LogP contribution < -0.4 is 5.32 Å². The summed E-state index contributed by atoms with van der Waals surface area (Å²) in [5, 5.41) is 3.26. The van der Waals surface area contributed by atoms with Crippen LogP contribution in [0, 0.1) is 6.92 Å². The van der Waals surface area contributed by atoms with Crippen molar-refractivity contribution in [3.63, 3.8) is 0 Å². The van der Waals surface area contributed by atoms with Crippen LogP contribution in [-0.4, -0.2) is 30.6 Å². The second-order valence-corrected chi connectivity index (χ2v) is 3.63. The third kappa shape index (κ3) is 5.72. The Morgan fingerprint density at radius 3 is 3.00 bits per heavy atom. The molecule has 0 atom stereocenters. The van der Waals surface area contributed by atoms with Gasteiger partial charge in [0.05, 0.1) is 18.9 Å². The van der Waals surface area contributed by atoms with Crippen LogP contribution in [0.2, 0.25) is 0 Å². The van der Waals surface area contributed by atoms with Crippen molar-refractivity contribution >= 4 is 11.6 Å². The molecular formula is C11H17ClN2O. The predicted molar refractivity (Wildman–Crippen MR) is 62.2 cm³/mol. The highest BCUT2D eigenvalue weighted by Crippen LogP contribution is 1.96. The first kappa shape index (κ1) is 12.4. The monoisotopic (exact) mass is 228 g/mol. The normalized spacial score (nSPS) is 10.5. The van der Waals surface area contributed by atoms with E-state index in [1.165, 1.54) is 0 Å². The molecule has 0 bridgehead atoms. The van der Waals surface area contributed by atoms with Crippen molar-refractivity contribution in [3.8, 4) is 0 Å². The Kier molecular flexibility index (Phi) is 6.32. The lowest BCUT2D eigenvalue weighted by Crippen LogP contribution is -2.20. The fraction of sp³-hybridized carbons (Fsp3) is 0.545. The van der Waals surface area contributed by atoms with Crippen molar-refractivity contribution < 1.29 is 4.74 Å². The minimum atomic E-state index is 0.555. The van der Waals surface area contributed by atoms with Crippen LogP contribution in [-0.2, 0) is 11.3 Å². The Morgan fingerprint density at radius 2 is 2.27 bits per heavy atom. The largest absolute Gasteiger partial charge is 0.379 e. The highest BCUT2D eigenvalue weighted by atomic mass is 35.5. The van der Waals surface area contributed by atoms with E-state index in [9.17, 15) is 0 Å². The van der Waals surface area contributed by atoms with E-state index >= 15 is 0 Å². The molecule has 3 nitrogen and oxygen atoms in total. The molecule has 0 saturated carbocycles. The van der Waals surface area contributed by atoms with Gasteiger partial charge in [-0.2, -0.15) is 0 Å². The molecule has 0 aliphatic carbocycles. The summed E-state index contributed by atoms with van der Waals surface area (Å²) in [6.07, 6.45) is 0. The quantitative estimate of drug-likeness (QED) is 0.570. The van der Waals surface area contributed by atoms with Crippen LogP contribution in [0.1, 0.15) is 11.4 Å². The number of halogens is 1. The van der Waals surface area contributed by atoms with Crippen molar-refractivity contribution in [2.45, 2.75) is 13.5 Å². The average molecular weight is 229 g/mol. The Hall–Kier alpha value is -0.640. The third-order valence-electron chi connectivity index (χ3n) is 1.90. The Balaban J connectivity index is 2.10. The van der Waals surface area contributed by atoms with Gasteiger partial charge in [-0.05, 0) is 19.1 Å². The Bertz CT molecular complexity index is 281. The van der Waals surface area contributed by atoms with Crippen molar-refractivity contribution in [1.82, 2.24) is 10.3 Å². The van der Waals surface area contributed by atoms with Crippen molar-refractivity contribution in [2.24, 2.45) is 0 Å².